The van der Waals surface area contributed by atoms with Crippen molar-refractivity contribution >= 4 is 73.1 Å². The Kier molecular flexibility index (Phi) is 6.15. The summed E-state index contributed by atoms with van der Waals surface area (Å²) in [5, 5.41) is 7.19. The van der Waals surface area contributed by atoms with Gasteiger partial charge in [0.15, 0.2) is 16.0 Å². The number of benzene rings is 2. The molecule has 0 saturated carbocycles. The molecule has 158 valence electrons. The molecule has 0 atom stereocenters. The van der Waals surface area contributed by atoms with E-state index in [0.717, 1.165) is 15.8 Å². The SMILES string of the molecule is COc1cc2sc(NC(=S)NC(=O)c3ccc(-c4ccc(C)c(Cl)c4)o3)nc2cc1Cl. The summed E-state index contributed by atoms with van der Waals surface area (Å²) in [7, 11) is 1.55. The van der Waals surface area contributed by atoms with Crippen LogP contribution in [0.5, 0.6) is 5.75 Å². The van der Waals surface area contributed by atoms with E-state index in [1.54, 1.807) is 37.4 Å². The number of aromatic nitrogens is 1. The molecule has 4 aromatic rings. The second kappa shape index (κ2) is 8.84. The summed E-state index contributed by atoms with van der Waals surface area (Å²) >= 11 is 18.9. The lowest BCUT2D eigenvalue weighted by atomic mass is 10.1. The van der Waals surface area contributed by atoms with Crippen molar-refractivity contribution in [3.8, 4) is 17.1 Å². The fraction of sp³-hybridized carbons (Fsp3) is 0.0952. The Morgan fingerprint density at radius 2 is 1.97 bits per heavy atom. The number of thiazole rings is 1. The number of halogens is 2. The molecule has 1 amide bonds. The maximum Gasteiger partial charge on any atom is 0.293 e. The zero-order chi connectivity index (χ0) is 22.1. The Labute approximate surface area is 197 Å². The quantitative estimate of drug-likeness (QED) is 0.326. The lowest BCUT2D eigenvalue weighted by Crippen LogP contribution is -2.33. The highest BCUT2D eigenvalue weighted by atomic mass is 35.5. The molecule has 0 fully saturated rings. The molecular formula is C21H15Cl2N3O3S2. The number of carbonyl (C=O) groups excluding carboxylic acids is 1. The third kappa shape index (κ3) is 4.67. The van der Waals surface area contributed by atoms with E-state index in [1.165, 1.54) is 11.3 Å². The molecule has 31 heavy (non-hydrogen) atoms. The first-order valence-electron chi connectivity index (χ1n) is 8.97. The molecule has 0 bridgehead atoms. The van der Waals surface area contributed by atoms with E-state index < -0.39 is 5.91 Å². The van der Waals surface area contributed by atoms with Gasteiger partial charge < -0.3 is 14.5 Å². The van der Waals surface area contributed by atoms with E-state index in [4.69, 9.17) is 44.6 Å². The normalized spacial score (nSPS) is 10.8. The lowest BCUT2D eigenvalue weighted by Gasteiger charge is -2.05. The molecular weight excluding hydrogens is 477 g/mol. The van der Waals surface area contributed by atoms with Crippen molar-refractivity contribution in [2.45, 2.75) is 6.92 Å². The molecule has 2 heterocycles. The molecule has 0 aliphatic carbocycles. The zero-order valence-corrected chi connectivity index (χ0v) is 19.4. The molecule has 6 nitrogen and oxygen atoms in total. The molecule has 0 unspecified atom stereocenters. The molecule has 2 N–H and O–H groups in total. The minimum atomic E-state index is -0.479. The van der Waals surface area contributed by atoms with Crippen LogP contribution in [0.4, 0.5) is 5.13 Å². The van der Waals surface area contributed by atoms with E-state index in [1.807, 2.05) is 19.1 Å². The topological polar surface area (TPSA) is 76.4 Å². The lowest BCUT2D eigenvalue weighted by molar-refractivity contribution is 0.0951. The van der Waals surface area contributed by atoms with Crippen LogP contribution in [-0.2, 0) is 0 Å². The van der Waals surface area contributed by atoms with Crippen molar-refractivity contribution < 1.29 is 13.9 Å². The van der Waals surface area contributed by atoms with Gasteiger partial charge in [-0.2, -0.15) is 0 Å². The highest BCUT2D eigenvalue weighted by molar-refractivity contribution is 7.80. The number of furan rings is 1. The number of hydrogen-bond acceptors (Lipinski definition) is 6. The number of hydrogen-bond donors (Lipinski definition) is 2. The van der Waals surface area contributed by atoms with Gasteiger partial charge >= 0.3 is 0 Å². The number of amides is 1. The van der Waals surface area contributed by atoms with E-state index in [0.29, 0.717) is 32.2 Å². The van der Waals surface area contributed by atoms with Gasteiger partial charge in [0, 0.05) is 16.7 Å². The zero-order valence-electron chi connectivity index (χ0n) is 16.3. The van der Waals surface area contributed by atoms with Crippen molar-refractivity contribution in [3.63, 3.8) is 0 Å². The highest BCUT2D eigenvalue weighted by Gasteiger charge is 2.16. The number of anilines is 1. The van der Waals surface area contributed by atoms with Crippen LogP contribution in [0, 0.1) is 6.92 Å². The predicted molar refractivity (Wildman–Crippen MR) is 129 cm³/mol. The Morgan fingerprint density at radius 1 is 1.16 bits per heavy atom. The second-order valence-corrected chi connectivity index (χ2v) is 8.76. The minimum absolute atomic E-state index is 0.0958. The molecule has 4 rings (SSSR count). The number of thiocarbonyl (C=S) groups is 1. The standard InChI is InChI=1S/C21H15Cl2N3O3S2/c1-10-3-4-11(7-12(10)22)15-5-6-16(29-15)19(27)25-20(30)26-21-24-14-8-13(23)17(28-2)9-18(14)31-21/h3-9H,1-2H3,(H2,24,25,26,27,30). The summed E-state index contributed by atoms with van der Waals surface area (Å²) in [6.07, 6.45) is 0. The summed E-state index contributed by atoms with van der Waals surface area (Å²) in [5.74, 6) is 0.733. The van der Waals surface area contributed by atoms with Gasteiger partial charge in [-0.1, -0.05) is 46.7 Å². The highest BCUT2D eigenvalue weighted by Crippen LogP contribution is 2.34. The number of ether oxygens (including phenoxy) is 1. The van der Waals surface area contributed by atoms with E-state index >= 15 is 0 Å². The van der Waals surface area contributed by atoms with E-state index in [-0.39, 0.29) is 10.9 Å². The maximum absolute atomic E-state index is 12.5. The Bertz CT molecular complexity index is 1320. The van der Waals surface area contributed by atoms with E-state index in [9.17, 15) is 4.79 Å². The van der Waals surface area contributed by atoms with Crippen LogP contribution in [0.15, 0.2) is 46.9 Å². The molecule has 0 aliphatic rings. The van der Waals surface area contributed by atoms with Crippen LogP contribution < -0.4 is 15.4 Å². The van der Waals surface area contributed by atoms with Crippen LogP contribution in [0.2, 0.25) is 10.0 Å². The summed E-state index contributed by atoms with van der Waals surface area (Å²) in [6, 6.07) is 12.3. The second-order valence-electron chi connectivity index (χ2n) is 6.51. The smallest absolute Gasteiger partial charge is 0.293 e. The fourth-order valence-electron chi connectivity index (χ4n) is 2.79. The Hall–Kier alpha value is -2.65. The van der Waals surface area contributed by atoms with Crippen molar-refractivity contribution in [1.29, 1.82) is 0 Å². The van der Waals surface area contributed by atoms with Crippen LogP contribution in [0.25, 0.3) is 21.5 Å². The first kappa shape index (κ1) is 21.6. The first-order chi connectivity index (χ1) is 14.8. The molecule has 0 spiro atoms. The van der Waals surface area contributed by atoms with Crippen molar-refractivity contribution in [2.75, 3.05) is 12.4 Å². The molecule has 2 aromatic heterocycles. The average Bonchev–Trinajstić information content (AvgIpc) is 3.36. The van der Waals surface area contributed by atoms with Crippen molar-refractivity contribution in [1.82, 2.24) is 10.3 Å². The Morgan fingerprint density at radius 3 is 2.71 bits per heavy atom. The number of methoxy groups -OCH3 is 1. The van der Waals surface area contributed by atoms with Crippen molar-refractivity contribution in [3.05, 3.63) is 63.8 Å². The van der Waals surface area contributed by atoms with Gasteiger partial charge in [0.2, 0.25) is 0 Å². The van der Waals surface area contributed by atoms with Gasteiger partial charge in [0.05, 0.1) is 22.3 Å². The summed E-state index contributed by atoms with van der Waals surface area (Å²) in [6.45, 7) is 1.91. The molecule has 2 aromatic carbocycles. The number of fused-ring (bicyclic) bond motifs is 1. The fourth-order valence-corrected chi connectivity index (χ4v) is 4.34. The Balaban J connectivity index is 1.44. The first-order valence-corrected chi connectivity index (χ1v) is 10.9. The number of aryl methyl sites for hydroxylation is 1. The largest absolute Gasteiger partial charge is 0.495 e. The number of carbonyl (C=O) groups is 1. The summed E-state index contributed by atoms with van der Waals surface area (Å²) in [4.78, 5) is 16.9. The van der Waals surface area contributed by atoms with Crippen molar-refractivity contribution in [2.24, 2.45) is 0 Å². The van der Waals surface area contributed by atoms with Gasteiger partial charge in [-0.05, 0) is 49.0 Å². The van der Waals surface area contributed by atoms with Gasteiger partial charge in [0.25, 0.3) is 5.91 Å². The van der Waals surface area contributed by atoms with Crippen LogP contribution in [-0.4, -0.2) is 23.1 Å². The summed E-state index contributed by atoms with van der Waals surface area (Å²) < 4.78 is 11.7. The molecule has 0 radical (unpaired) electrons. The number of nitrogens with zero attached hydrogens (tertiary/aromatic N) is 1. The number of rotatable bonds is 4. The third-order valence-electron chi connectivity index (χ3n) is 4.40. The van der Waals surface area contributed by atoms with Crippen LogP contribution >= 0.6 is 46.8 Å². The predicted octanol–water partition coefficient (Wildman–Crippen LogP) is 6.31. The average molecular weight is 492 g/mol. The van der Waals surface area contributed by atoms with E-state index in [2.05, 4.69) is 15.6 Å². The monoisotopic (exact) mass is 491 g/mol. The van der Waals surface area contributed by atoms with Crippen LogP contribution in [0.3, 0.4) is 0 Å². The molecule has 0 saturated heterocycles. The maximum atomic E-state index is 12.5. The summed E-state index contributed by atoms with van der Waals surface area (Å²) in [5.41, 5.74) is 2.43. The van der Waals surface area contributed by atoms with Crippen LogP contribution in [0.1, 0.15) is 16.1 Å². The minimum Gasteiger partial charge on any atom is -0.495 e. The van der Waals surface area contributed by atoms with Gasteiger partial charge in [0.1, 0.15) is 11.5 Å². The van der Waals surface area contributed by atoms with Gasteiger partial charge in [-0.25, -0.2) is 4.98 Å². The molecule has 10 heteroatoms. The van der Waals surface area contributed by atoms with Gasteiger partial charge in [-0.3, -0.25) is 10.1 Å². The van der Waals surface area contributed by atoms with Gasteiger partial charge in [-0.15, -0.1) is 0 Å². The number of nitrogens with one attached hydrogen (secondary N) is 2. The molecule has 0 aliphatic heterocycles. The third-order valence-corrected chi connectivity index (χ3v) is 6.24.